The lowest BCUT2D eigenvalue weighted by atomic mass is 10.1. The first kappa shape index (κ1) is 32.5. The second kappa shape index (κ2) is 15.4. The predicted octanol–water partition coefficient (Wildman–Crippen LogP) is 9.01. The van der Waals surface area contributed by atoms with Crippen molar-refractivity contribution in [3.05, 3.63) is 166 Å². The third-order valence-corrected chi connectivity index (χ3v) is 8.59. The Kier molecular flexibility index (Phi) is 10.9. The summed E-state index contributed by atoms with van der Waals surface area (Å²) in [5.74, 6) is -2.03. The first-order chi connectivity index (χ1) is 22.3. The molecule has 6 nitrogen and oxygen atoms in total. The van der Waals surface area contributed by atoms with Crippen LogP contribution in [0.4, 0.5) is 15.8 Å². The molecule has 3 amide bonds. The average molecular weight is 671 g/mol. The summed E-state index contributed by atoms with van der Waals surface area (Å²) in [6.07, 6.45) is 1.28. The van der Waals surface area contributed by atoms with Crippen molar-refractivity contribution in [3.63, 3.8) is 0 Å². The minimum absolute atomic E-state index is 0.129. The van der Waals surface area contributed by atoms with Gasteiger partial charge >= 0.3 is 0 Å². The number of thioether (sulfide) groups is 1. The molecule has 46 heavy (non-hydrogen) atoms. The monoisotopic (exact) mass is 669 g/mol. The number of hydrogen-bond acceptors (Lipinski definition) is 4. The summed E-state index contributed by atoms with van der Waals surface area (Å²) in [5, 5.41) is 8.32. The van der Waals surface area contributed by atoms with Crippen LogP contribution in [0.5, 0.6) is 0 Å². The minimum atomic E-state index is -0.664. The number of halogens is 3. The molecule has 1 unspecified atom stereocenters. The molecule has 0 aliphatic rings. The molecule has 0 saturated heterocycles. The van der Waals surface area contributed by atoms with Crippen LogP contribution in [-0.4, -0.2) is 17.7 Å². The number of nitrogens with one attached hydrogen (secondary N) is 3. The van der Waals surface area contributed by atoms with Gasteiger partial charge < -0.3 is 16.0 Å². The van der Waals surface area contributed by atoms with E-state index in [1.54, 1.807) is 72.8 Å². The van der Waals surface area contributed by atoms with Crippen molar-refractivity contribution in [1.29, 1.82) is 0 Å². The SMILES string of the molecule is O=C(Nc1cccc(SC(C(=O)Nc2ccc(Cl)c(Cl)c2)c2ccccc2)c1)/C(=C/c1ccccc1F)NC(=O)c1ccccc1. The zero-order valence-electron chi connectivity index (χ0n) is 24.0. The molecule has 1 atom stereocenters. The molecule has 5 aromatic carbocycles. The smallest absolute Gasteiger partial charge is 0.272 e. The fraction of sp³-hybridized carbons (Fsp3) is 0.0278. The lowest BCUT2D eigenvalue weighted by Gasteiger charge is -2.18. The van der Waals surface area contributed by atoms with Crippen molar-refractivity contribution in [2.75, 3.05) is 10.6 Å². The number of anilines is 2. The van der Waals surface area contributed by atoms with Crippen molar-refractivity contribution in [3.8, 4) is 0 Å². The Bertz CT molecular complexity index is 1910. The van der Waals surface area contributed by atoms with Gasteiger partial charge in [-0.3, -0.25) is 14.4 Å². The Morgan fingerprint density at radius 2 is 1.37 bits per heavy atom. The van der Waals surface area contributed by atoms with E-state index in [4.69, 9.17) is 23.2 Å². The summed E-state index contributed by atoms with van der Waals surface area (Å²) in [6, 6.07) is 35.4. The van der Waals surface area contributed by atoms with Gasteiger partial charge in [0.1, 0.15) is 16.8 Å². The molecule has 0 bridgehead atoms. The zero-order valence-corrected chi connectivity index (χ0v) is 26.4. The predicted molar refractivity (Wildman–Crippen MR) is 183 cm³/mol. The van der Waals surface area contributed by atoms with Gasteiger partial charge in [-0.25, -0.2) is 4.39 Å². The lowest BCUT2D eigenvalue weighted by Crippen LogP contribution is -2.30. The summed E-state index contributed by atoms with van der Waals surface area (Å²) in [6.45, 7) is 0. The highest BCUT2D eigenvalue weighted by Gasteiger charge is 2.23. The van der Waals surface area contributed by atoms with Crippen LogP contribution in [0.3, 0.4) is 0 Å². The second-order valence-electron chi connectivity index (χ2n) is 9.91. The van der Waals surface area contributed by atoms with Gasteiger partial charge in [-0.15, -0.1) is 11.8 Å². The average Bonchev–Trinajstić information content (AvgIpc) is 3.07. The topological polar surface area (TPSA) is 87.3 Å². The maximum atomic E-state index is 14.5. The summed E-state index contributed by atoms with van der Waals surface area (Å²) >= 11 is 13.5. The fourth-order valence-corrected chi connectivity index (χ4v) is 5.74. The van der Waals surface area contributed by atoms with Crippen LogP contribution in [-0.2, 0) is 9.59 Å². The maximum absolute atomic E-state index is 14.5. The van der Waals surface area contributed by atoms with Gasteiger partial charge in [0.05, 0.1) is 10.0 Å². The maximum Gasteiger partial charge on any atom is 0.272 e. The van der Waals surface area contributed by atoms with Crippen LogP contribution >= 0.6 is 35.0 Å². The Morgan fingerprint density at radius 3 is 2.09 bits per heavy atom. The number of benzene rings is 5. The van der Waals surface area contributed by atoms with Crippen LogP contribution in [0.2, 0.25) is 10.0 Å². The number of amides is 3. The standard InChI is InChI=1S/C36H26Cl2FN3O3S/c37-29-19-18-27(22-30(29)38)41-36(45)33(23-10-3-1-4-11-23)46-28-16-9-15-26(21-28)40-35(44)32(20-25-14-7-8-17-31(25)39)42-34(43)24-12-5-2-6-13-24/h1-22,33H,(H,40,44)(H,41,45)(H,42,43)/b32-20-. The Hall–Kier alpha value is -4.89. The van der Waals surface area contributed by atoms with E-state index < -0.39 is 22.9 Å². The molecule has 10 heteroatoms. The molecular formula is C36H26Cl2FN3O3S. The van der Waals surface area contributed by atoms with Gasteiger partial charge in [0, 0.05) is 27.4 Å². The minimum Gasteiger partial charge on any atom is -0.325 e. The number of rotatable bonds is 10. The molecule has 0 aliphatic carbocycles. The summed E-state index contributed by atoms with van der Waals surface area (Å²) in [4.78, 5) is 40.7. The molecule has 0 spiro atoms. The van der Waals surface area contributed by atoms with Crippen molar-refractivity contribution in [2.24, 2.45) is 0 Å². The summed E-state index contributed by atoms with van der Waals surface area (Å²) in [7, 11) is 0. The van der Waals surface area contributed by atoms with Crippen molar-refractivity contribution in [2.45, 2.75) is 10.1 Å². The van der Waals surface area contributed by atoms with Gasteiger partial charge in [-0.2, -0.15) is 0 Å². The molecule has 0 saturated carbocycles. The van der Waals surface area contributed by atoms with Crippen molar-refractivity contribution < 1.29 is 18.8 Å². The molecular weight excluding hydrogens is 644 g/mol. The van der Waals surface area contributed by atoms with Gasteiger partial charge in [0.25, 0.3) is 11.8 Å². The van der Waals surface area contributed by atoms with Crippen LogP contribution in [0.15, 0.2) is 138 Å². The van der Waals surface area contributed by atoms with E-state index in [1.807, 2.05) is 36.4 Å². The normalized spacial score (nSPS) is 11.8. The molecule has 0 aromatic heterocycles. The van der Waals surface area contributed by atoms with Crippen LogP contribution in [0.1, 0.15) is 26.7 Å². The Labute approximate surface area is 279 Å². The first-order valence-corrected chi connectivity index (χ1v) is 15.6. The van der Waals surface area contributed by atoms with Crippen LogP contribution in [0.25, 0.3) is 6.08 Å². The lowest BCUT2D eigenvalue weighted by molar-refractivity contribution is -0.116. The summed E-state index contributed by atoms with van der Waals surface area (Å²) in [5.41, 5.74) is 1.97. The molecule has 5 rings (SSSR count). The molecule has 0 fully saturated rings. The number of hydrogen-bond donors (Lipinski definition) is 3. The zero-order chi connectivity index (χ0) is 32.5. The molecule has 3 N–H and O–H groups in total. The van der Waals surface area contributed by atoms with E-state index in [2.05, 4.69) is 16.0 Å². The highest BCUT2D eigenvalue weighted by molar-refractivity contribution is 8.00. The third kappa shape index (κ3) is 8.63. The van der Waals surface area contributed by atoms with E-state index in [0.29, 0.717) is 31.9 Å². The van der Waals surface area contributed by atoms with E-state index in [9.17, 15) is 18.8 Å². The van der Waals surface area contributed by atoms with Gasteiger partial charge in [0.15, 0.2) is 0 Å². The van der Waals surface area contributed by atoms with Crippen LogP contribution in [0, 0.1) is 5.82 Å². The van der Waals surface area contributed by atoms with E-state index in [0.717, 1.165) is 5.56 Å². The largest absolute Gasteiger partial charge is 0.325 e. The Balaban J connectivity index is 1.38. The quantitative estimate of drug-likeness (QED) is 0.102. The number of carbonyl (C=O) groups is 3. The Morgan fingerprint density at radius 1 is 0.696 bits per heavy atom. The highest BCUT2D eigenvalue weighted by Crippen LogP contribution is 2.37. The first-order valence-electron chi connectivity index (χ1n) is 14.0. The van der Waals surface area contributed by atoms with E-state index in [1.165, 1.54) is 36.0 Å². The molecule has 0 heterocycles. The van der Waals surface area contributed by atoms with Crippen molar-refractivity contribution >= 4 is 70.1 Å². The fourth-order valence-electron chi connectivity index (χ4n) is 4.35. The van der Waals surface area contributed by atoms with E-state index >= 15 is 0 Å². The van der Waals surface area contributed by atoms with Gasteiger partial charge in [-0.05, 0) is 66.2 Å². The molecule has 0 radical (unpaired) electrons. The van der Waals surface area contributed by atoms with Gasteiger partial charge in [0.2, 0.25) is 5.91 Å². The van der Waals surface area contributed by atoms with Gasteiger partial charge in [-0.1, -0.05) is 96.0 Å². The third-order valence-electron chi connectivity index (χ3n) is 6.61. The molecule has 0 aliphatic heterocycles. The van der Waals surface area contributed by atoms with Crippen molar-refractivity contribution in [1.82, 2.24) is 5.32 Å². The molecule has 230 valence electrons. The highest BCUT2D eigenvalue weighted by atomic mass is 35.5. The molecule has 5 aromatic rings. The second-order valence-corrected chi connectivity index (χ2v) is 11.9. The summed E-state index contributed by atoms with van der Waals surface area (Å²) < 4.78 is 14.5. The van der Waals surface area contributed by atoms with E-state index in [-0.39, 0.29) is 17.2 Å². The van der Waals surface area contributed by atoms with Crippen LogP contribution < -0.4 is 16.0 Å². The number of carbonyl (C=O) groups excluding carboxylic acids is 3.